The summed E-state index contributed by atoms with van der Waals surface area (Å²) in [4.78, 5) is 24.5. The van der Waals surface area contributed by atoms with Gasteiger partial charge in [0, 0.05) is 29.4 Å². The molecule has 0 bridgehead atoms. The van der Waals surface area contributed by atoms with Crippen LogP contribution in [-0.2, 0) is 4.79 Å². The quantitative estimate of drug-likeness (QED) is 0.713. The Morgan fingerprint density at radius 3 is 2.50 bits per heavy atom. The maximum atomic E-state index is 12.4. The number of carbonyl (C=O) groups is 2. The van der Waals surface area contributed by atoms with Gasteiger partial charge in [0.05, 0.1) is 0 Å². The Morgan fingerprint density at radius 1 is 1.12 bits per heavy atom. The van der Waals surface area contributed by atoms with Gasteiger partial charge in [-0.05, 0) is 54.8 Å². The number of anilines is 2. The molecule has 2 aromatic rings. The molecular formula is C20H23N3O3. The molecule has 26 heavy (non-hydrogen) atoms. The second-order valence-corrected chi connectivity index (χ2v) is 6.51. The highest BCUT2D eigenvalue weighted by molar-refractivity contribution is 6.05. The fourth-order valence-electron chi connectivity index (χ4n) is 2.68. The van der Waals surface area contributed by atoms with Crippen molar-refractivity contribution in [3.05, 3.63) is 54.1 Å². The third kappa shape index (κ3) is 4.61. The monoisotopic (exact) mass is 353 g/mol. The first-order chi connectivity index (χ1) is 12.6. The lowest BCUT2D eigenvalue weighted by Crippen LogP contribution is -2.16. The maximum absolute atomic E-state index is 12.4. The molecule has 0 spiro atoms. The van der Waals surface area contributed by atoms with Crippen LogP contribution in [0.15, 0.2) is 48.5 Å². The van der Waals surface area contributed by atoms with E-state index in [-0.39, 0.29) is 17.7 Å². The molecule has 6 heteroatoms. The van der Waals surface area contributed by atoms with Gasteiger partial charge in [-0.15, -0.1) is 0 Å². The SMILES string of the molecule is CC1CC1C(=O)Nc1cccc(C(=O)Nc2ccc(OCCN)cc2)c1. The van der Waals surface area contributed by atoms with E-state index in [1.54, 1.807) is 48.5 Å². The summed E-state index contributed by atoms with van der Waals surface area (Å²) in [6.45, 7) is 2.95. The van der Waals surface area contributed by atoms with Crippen LogP contribution in [-0.4, -0.2) is 25.0 Å². The number of hydrogen-bond acceptors (Lipinski definition) is 4. The van der Waals surface area contributed by atoms with Crippen LogP contribution >= 0.6 is 0 Å². The van der Waals surface area contributed by atoms with Crippen LogP contribution in [0.3, 0.4) is 0 Å². The molecule has 1 aliphatic rings. The Bertz CT molecular complexity index is 789. The largest absolute Gasteiger partial charge is 0.492 e. The van der Waals surface area contributed by atoms with Crippen molar-refractivity contribution in [2.24, 2.45) is 17.6 Å². The fraction of sp³-hybridized carbons (Fsp3) is 0.300. The van der Waals surface area contributed by atoms with Gasteiger partial charge in [0.15, 0.2) is 0 Å². The molecule has 2 amide bonds. The van der Waals surface area contributed by atoms with Crippen molar-refractivity contribution in [1.82, 2.24) is 0 Å². The van der Waals surface area contributed by atoms with Crippen molar-refractivity contribution in [3.8, 4) is 5.75 Å². The number of carbonyl (C=O) groups excluding carboxylic acids is 2. The highest BCUT2D eigenvalue weighted by atomic mass is 16.5. The zero-order chi connectivity index (χ0) is 18.5. The first kappa shape index (κ1) is 17.9. The Balaban J connectivity index is 1.60. The van der Waals surface area contributed by atoms with Gasteiger partial charge < -0.3 is 21.1 Å². The third-order valence-electron chi connectivity index (χ3n) is 4.34. The van der Waals surface area contributed by atoms with Crippen LogP contribution in [0, 0.1) is 11.8 Å². The smallest absolute Gasteiger partial charge is 0.255 e. The number of ether oxygens (including phenoxy) is 1. The molecule has 4 N–H and O–H groups in total. The molecule has 1 saturated carbocycles. The maximum Gasteiger partial charge on any atom is 0.255 e. The van der Waals surface area contributed by atoms with Gasteiger partial charge in [0.1, 0.15) is 12.4 Å². The molecule has 2 atom stereocenters. The minimum Gasteiger partial charge on any atom is -0.492 e. The average Bonchev–Trinajstić information content (AvgIpc) is 3.38. The van der Waals surface area contributed by atoms with E-state index in [1.807, 2.05) is 0 Å². The van der Waals surface area contributed by atoms with Crippen molar-refractivity contribution in [1.29, 1.82) is 0 Å². The normalized spacial score (nSPS) is 18.1. The zero-order valence-electron chi connectivity index (χ0n) is 14.7. The molecule has 0 heterocycles. The summed E-state index contributed by atoms with van der Waals surface area (Å²) in [6.07, 6.45) is 0.928. The van der Waals surface area contributed by atoms with Crippen molar-refractivity contribution >= 4 is 23.2 Å². The van der Waals surface area contributed by atoms with Crippen molar-refractivity contribution < 1.29 is 14.3 Å². The Morgan fingerprint density at radius 2 is 1.85 bits per heavy atom. The van der Waals surface area contributed by atoms with Gasteiger partial charge in [-0.2, -0.15) is 0 Å². The molecule has 0 radical (unpaired) electrons. The summed E-state index contributed by atoms with van der Waals surface area (Å²) < 4.78 is 5.41. The summed E-state index contributed by atoms with van der Waals surface area (Å²) in [5, 5.41) is 5.71. The molecule has 2 unspecified atom stereocenters. The Kier molecular flexibility index (Phi) is 5.53. The van der Waals surface area contributed by atoms with E-state index in [4.69, 9.17) is 10.5 Å². The van der Waals surface area contributed by atoms with Crippen molar-refractivity contribution in [2.75, 3.05) is 23.8 Å². The van der Waals surface area contributed by atoms with Crippen molar-refractivity contribution in [2.45, 2.75) is 13.3 Å². The summed E-state index contributed by atoms with van der Waals surface area (Å²) in [6, 6.07) is 14.0. The van der Waals surface area contributed by atoms with E-state index in [9.17, 15) is 9.59 Å². The lowest BCUT2D eigenvalue weighted by Gasteiger charge is -2.09. The van der Waals surface area contributed by atoms with E-state index in [0.29, 0.717) is 41.8 Å². The molecule has 0 aliphatic heterocycles. The van der Waals surface area contributed by atoms with E-state index in [1.165, 1.54) is 0 Å². The molecule has 0 aromatic heterocycles. The Hall–Kier alpha value is -2.86. The average molecular weight is 353 g/mol. The molecule has 0 saturated heterocycles. The highest BCUT2D eigenvalue weighted by Gasteiger charge is 2.39. The predicted octanol–water partition coefficient (Wildman–Crippen LogP) is 2.87. The number of hydrogen-bond donors (Lipinski definition) is 3. The highest BCUT2D eigenvalue weighted by Crippen LogP contribution is 2.38. The first-order valence-corrected chi connectivity index (χ1v) is 8.72. The lowest BCUT2D eigenvalue weighted by molar-refractivity contribution is -0.117. The second-order valence-electron chi connectivity index (χ2n) is 6.51. The summed E-state index contributed by atoms with van der Waals surface area (Å²) in [5.41, 5.74) is 7.17. The number of rotatable bonds is 7. The van der Waals surface area contributed by atoms with Gasteiger partial charge in [0.2, 0.25) is 5.91 Å². The molecular weight excluding hydrogens is 330 g/mol. The second kappa shape index (κ2) is 8.01. The van der Waals surface area contributed by atoms with Crippen molar-refractivity contribution in [3.63, 3.8) is 0 Å². The zero-order valence-corrected chi connectivity index (χ0v) is 14.7. The van der Waals surface area contributed by atoms with Crippen LogP contribution < -0.4 is 21.1 Å². The van der Waals surface area contributed by atoms with E-state index in [0.717, 1.165) is 6.42 Å². The van der Waals surface area contributed by atoms with E-state index < -0.39 is 0 Å². The van der Waals surface area contributed by atoms with Crippen LogP contribution in [0.4, 0.5) is 11.4 Å². The number of nitrogens with one attached hydrogen (secondary N) is 2. The molecule has 136 valence electrons. The summed E-state index contributed by atoms with van der Waals surface area (Å²) >= 11 is 0. The first-order valence-electron chi connectivity index (χ1n) is 8.72. The number of benzene rings is 2. The minimum atomic E-state index is -0.239. The van der Waals surface area contributed by atoms with Gasteiger partial charge >= 0.3 is 0 Å². The number of nitrogens with two attached hydrogens (primary N) is 1. The molecule has 6 nitrogen and oxygen atoms in total. The molecule has 2 aromatic carbocycles. The fourth-order valence-corrected chi connectivity index (χ4v) is 2.68. The van der Waals surface area contributed by atoms with Gasteiger partial charge in [-0.1, -0.05) is 13.0 Å². The standard InChI is InChI=1S/C20H23N3O3/c1-13-11-18(13)20(25)23-16-4-2-3-14(12-16)19(24)22-15-5-7-17(8-6-15)26-10-9-21/h2-8,12-13,18H,9-11,21H2,1H3,(H,22,24)(H,23,25). The van der Waals surface area contributed by atoms with Gasteiger partial charge in [-0.25, -0.2) is 0 Å². The lowest BCUT2D eigenvalue weighted by atomic mass is 10.1. The van der Waals surface area contributed by atoms with E-state index >= 15 is 0 Å². The van der Waals surface area contributed by atoms with Crippen LogP contribution in [0.2, 0.25) is 0 Å². The topological polar surface area (TPSA) is 93.5 Å². The minimum absolute atomic E-state index is 0.0168. The van der Waals surface area contributed by atoms with Crippen LogP contribution in [0.25, 0.3) is 0 Å². The summed E-state index contributed by atoms with van der Waals surface area (Å²) in [5.74, 6) is 1.01. The number of amides is 2. The molecule has 1 aliphatic carbocycles. The molecule has 3 rings (SSSR count). The van der Waals surface area contributed by atoms with E-state index in [2.05, 4.69) is 17.6 Å². The van der Waals surface area contributed by atoms with Gasteiger partial charge in [0.25, 0.3) is 5.91 Å². The van der Waals surface area contributed by atoms with Crippen LogP contribution in [0.1, 0.15) is 23.7 Å². The third-order valence-corrected chi connectivity index (χ3v) is 4.34. The molecule has 1 fully saturated rings. The van der Waals surface area contributed by atoms with Gasteiger partial charge in [-0.3, -0.25) is 9.59 Å². The predicted molar refractivity (Wildman–Crippen MR) is 101 cm³/mol. The Labute approximate surface area is 152 Å². The van der Waals surface area contributed by atoms with Crippen LogP contribution in [0.5, 0.6) is 5.75 Å². The summed E-state index contributed by atoms with van der Waals surface area (Å²) in [7, 11) is 0.